The summed E-state index contributed by atoms with van der Waals surface area (Å²) in [4.78, 5) is 11.0. The maximum atomic E-state index is 11.0. The Balaban J connectivity index is 2.19. The van der Waals surface area contributed by atoms with Gasteiger partial charge < -0.3 is 10.6 Å². The van der Waals surface area contributed by atoms with Gasteiger partial charge in [0.15, 0.2) is 0 Å². The predicted octanol–water partition coefficient (Wildman–Crippen LogP) is 1.55. The molecule has 0 heterocycles. The zero-order valence-corrected chi connectivity index (χ0v) is 8.42. The lowest BCUT2D eigenvalue weighted by Gasteiger charge is -2.05. The number of carbonyl (C=O) groups excluding carboxylic acids is 1. The average molecular weight is 192 g/mol. The molecule has 0 aliphatic rings. The fourth-order valence-electron chi connectivity index (χ4n) is 1.19. The summed E-state index contributed by atoms with van der Waals surface area (Å²) in [6.45, 7) is 3.24. The van der Waals surface area contributed by atoms with E-state index in [-0.39, 0.29) is 6.03 Å². The monoisotopic (exact) mass is 192 g/mol. The molecule has 3 heteroatoms. The summed E-state index contributed by atoms with van der Waals surface area (Å²) in [6, 6.07) is 10.0. The highest BCUT2D eigenvalue weighted by molar-refractivity contribution is 5.73. The first-order chi connectivity index (χ1) is 6.83. The summed E-state index contributed by atoms with van der Waals surface area (Å²) >= 11 is 0. The van der Waals surface area contributed by atoms with E-state index in [0.29, 0.717) is 13.1 Å². The molecule has 0 aromatic heterocycles. The van der Waals surface area contributed by atoms with E-state index in [1.807, 2.05) is 25.1 Å². The third-order valence-electron chi connectivity index (χ3n) is 1.88. The first-order valence-corrected chi connectivity index (χ1v) is 4.88. The maximum absolute atomic E-state index is 11.0. The van der Waals surface area contributed by atoms with Crippen LogP contribution in [-0.4, -0.2) is 19.1 Å². The SMILES string of the molecule is CCNC(=O)NCCc1ccccc1. The van der Waals surface area contributed by atoms with Gasteiger partial charge in [-0.3, -0.25) is 0 Å². The molecule has 0 fully saturated rings. The van der Waals surface area contributed by atoms with Crippen LogP contribution in [0, 0.1) is 0 Å². The molecule has 76 valence electrons. The summed E-state index contributed by atoms with van der Waals surface area (Å²) in [7, 11) is 0. The highest BCUT2D eigenvalue weighted by Gasteiger charge is 1.96. The minimum atomic E-state index is -0.0940. The lowest BCUT2D eigenvalue weighted by Crippen LogP contribution is -2.36. The molecule has 14 heavy (non-hydrogen) atoms. The minimum absolute atomic E-state index is 0.0940. The van der Waals surface area contributed by atoms with Crippen molar-refractivity contribution < 1.29 is 4.79 Å². The van der Waals surface area contributed by atoms with Crippen LogP contribution < -0.4 is 10.6 Å². The van der Waals surface area contributed by atoms with Crippen molar-refractivity contribution >= 4 is 6.03 Å². The second kappa shape index (κ2) is 6.02. The van der Waals surface area contributed by atoms with Gasteiger partial charge >= 0.3 is 6.03 Å². The molecule has 0 aliphatic heterocycles. The van der Waals surface area contributed by atoms with Crippen molar-refractivity contribution in [1.82, 2.24) is 10.6 Å². The lowest BCUT2D eigenvalue weighted by molar-refractivity contribution is 0.241. The summed E-state index contributed by atoms with van der Waals surface area (Å²) in [5.41, 5.74) is 1.24. The summed E-state index contributed by atoms with van der Waals surface area (Å²) in [5, 5.41) is 5.46. The normalized spacial score (nSPS) is 9.50. The van der Waals surface area contributed by atoms with Crippen molar-refractivity contribution in [2.24, 2.45) is 0 Å². The van der Waals surface area contributed by atoms with Crippen molar-refractivity contribution in [3.8, 4) is 0 Å². The molecule has 0 bridgehead atoms. The van der Waals surface area contributed by atoms with Crippen LogP contribution in [0.1, 0.15) is 12.5 Å². The van der Waals surface area contributed by atoms with Crippen LogP contribution in [0.5, 0.6) is 0 Å². The highest BCUT2D eigenvalue weighted by atomic mass is 16.2. The molecule has 0 aliphatic carbocycles. The first-order valence-electron chi connectivity index (χ1n) is 4.88. The van der Waals surface area contributed by atoms with Crippen LogP contribution >= 0.6 is 0 Å². The molecule has 0 spiro atoms. The van der Waals surface area contributed by atoms with E-state index in [2.05, 4.69) is 22.8 Å². The molecule has 1 rings (SSSR count). The van der Waals surface area contributed by atoms with Crippen LogP contribution in [0.2, 0.25) is 0 Å². The standard InChI is InChI=1S/C11H16N2O/c1-2-12-11(14)13-9-8-10-6-4-3-5-7-10/h3-7H,2,8-9H2,1H3,(H2,12,13,14). The van der Waals surface area contributed by atoms with Crippen molar-refractivity contribution in [2.45, 2.75) is 13.3 Å². The fourth-order valence-corrected chi connectivity index (χ4v) is 1.19. The second-order valence-corrected chi connectivity index (χ2v) is 3.02. The van der Waals surface area contributed by atoms with Crippen molar-refractivity contribution in [3.63, 3.8) is 0 Å². The maximum Gasteiger partial charge on any atom is 0.314 e. The van der Waals surface area contributed by atoms with Crippen LogP contribution in [0.25, 0.3) is 0 Å². The summed E-state index contributed by atoms with van der Waals surface area (Å²) in [6.07, 6.45) is 0.873. The fraction of sp³-hybridized carbons (Fsp3) is 0.364. The van der Waals surface area contributed by atoms with Gasteiger partial charge in [-0.05, 0) is 18.9 Å². The molecule has 0 saturated carbocycles. The number of urea groups is 1. The molecular weight excluding hydrogens is 176 g/mol. The number of rotatable bonds is 4. The molecule has 1 aromatic rings. The third kappa shape index (κ3) is 3.94. The van der Waals surface area contributed by atoms with E-state index in [0.717, 1.165) is 6.42 Å². The number of hydrogen-bond donors (Lipinski definition) is 2. The van der Waals surface area contributed by atoms with Crippen molar-refractivity contribution in [2.75, 3.05) is 13.1 Å². The van der Waals surface area contributed by atoms with Gasteiger partial charge in [-0.25, -0.2) is 4.79 Å². The van der Waals surface area contributed by atoms with Gasteiger partial charge in [-0.2, -0.15) is 0 Å². The zero-order chi connectivity index (χ0) is 10.2. The number of amides is 2. The molecule has 0 radical (unpaired) electrons. The molecule has 2 N–H and O–H groups in total. The van der Waals surface area contributed by atoms with Gasteiger partial charge in [0.2, 0.25) is 0 Å². The predicted molar refractivity (Wildman–Crippen MR) is 57.2 cm³/mol. The zero-order valence-electron chi connectivity index (χ0n) is 8.42. The number of nitrogens with one attached hydrogen (secondary N) is 2. The molecule has 0 atom stereocenters. The van der Waals surface area contributed by atoms with Crippen LogP contribution in [-0.2, 0) is 6.42 Å². The lowest BCUT2D eigenvalue weighted by atomic mass is 10.1. The van der Waals surface area contributed by atoms with Crippen LogP contribution in [0.3, 0.4) is 0 Å². The second-order valence-electron chi connectivity index (χ2n) is 3.02. The largest absolute Gasteiger partial charge is 0.338 e. The van der Waals surface area contributed by atoms with Crippen molar-refractivity contribution in [3.05, 3.63) is 35.9 Å². The Labute approximate surface area is 84.5 Å². The van der Waals surface area contributed by atoms with E-state index in [1.165, 1.54) is 5.56 Å². The average Bonchev–Trinajstić information content (AvgIpc) is 2.20. The highest BCUT2D eigenvalue weighted by Crippen LogP contribution is 1.97. The van der Waals surface area contributed by atoms with E-state index in [4.69, 9.17) is 0 Å². The third-order valence-corrected chi connectivity index (χ3v) is 1.88. The molecular formula is C11H16N2O. The Kier molecular flexibility index (Phi) is 4.55. The summed E-state index contributed by atoms with van der Waals surface area (Å²) in [5.74, 6) is 0. The smallest absolute Gasteiger partial charge is 0.314 e. The first kappa shape index (κ1) is 10.6. The quantitative estimate of drug-likeness (QED) is 0.746. The van der Waals surface area contributed by atoms with Gasteiger partial charge in [0, 0.05) is 13.1 Å². The van der Waals surface area contributed by atoms with E-state index < -0.39 is 0 Å². The van der Waals surface area contributed by atoms with Gasteiger partial charge in [0.1, 0.15) is 0 Å². The van der Waals surface area contributed by atoms with Gasteiger partial charge in [0.25, 0.3) is 0 Å². The van der Waals surface area contributed by atoms with Gasteiger partial charge in [-0.15, -0.1) is 0 Å². The van der Waals surface area contributed by atoms with E-state index in [9.17, 15) is 4.79 Å². The molecule has 0 saturated heterocycles. The Morgan fingerprint density at radius 3 is 2.57 bits per heavy atom. The summed E-state index contributed by atoms with van der Waals surface area (Å²) < 4.78 is 0. The molecule has 0 unspecified atom stereocenters. The molecule has 2 amide bonds. The number of hydrogen-bond acceptors (Lipinski definition) is 1. The van der Waals surface area contributed by atoms with E-state index in [1.54, 1.807) is 0 Å². The number of benzene rings is 1. The van der Waals surface area contributed by atoms with Gasteiger partial charge in [-0.1, -0.05) is 30.3 Å². The Bertz CT molecular complexity index is 272. The Morgan fingerprint density at radius 2 is 1.93 bits per heavy atom. The van der Waals surface area contributed by atoms with E-state index >= 15 is 0 Å². The minimum Gasteiger partial charge on any atom is -0.338 e. The topological polar surface area (TPSA) is 41.1 Å². The number of carbonyl (C=O) groups is 1. The molecule has 1 aromatic carbocycles. The Hall–Kier alpha value is -1.51. The van der Waals surface area contributed by atoms with Crippen LogP contribution in [0.15, 0.2) is 30.3 Å². The molecule has 3 nitrogen and oxygen atoms in total. The van der Waals surface area contributed by atoms with Crippen LogP contribution in [0.4, 0.5) is 4.79 Å². The van der Waals surface area contributed by atoms with Crippen molar-refractivity contribution in [1.29, 1.82) is 0 Å². The van der Waals surface area contributed by atoms with Gasteiger partial charge in [0.05, 0.1) is 0 Å². The Morgan fingerprint density at radius 1 is 1.21 bits per heavy atom.